The quantitative estimate of drug-likeness (QED) is 0.232. The predicted molar refractivity (Wildman–Crippen MR) is 124 cm³/mol. The lowest BCUT2D eigenvalue weighted by Crippen LogP contribution is -2.16. The number of aryl methyl sites for hydroxylation is 1. The molecule has 172 valence electrons. The predicted octanol–water partition coefficient (Wildman–Crippen LogP) is 5.38. The molecule has 0 fully saturated rings. The van der Waals surface area contributed by atoms with E-state index in [2.05, 4.69) is 22.0 Å². The van der Waals surface area contributed by atoms with E-state index in [1.165, 1.54) is 5.56 Å². The van der Waals surface area contributed by atoms with Crippen LogP contribution in [0.2, 0.25) is 0 Å². The number of hydrogen-bond acceptors (Lipinski definition) is 6. The Kier molecular flexibility index (Phi) is 9.98. The van der Waals surface area contributed by atoms with E-state index in [4.69, 9.17) is 18.8 Å². The highest BCUT2D eigenvalue weighted by atomic mass is 31.1. The summed E-state index contributed by atoms with van der Waals surface area (Å²) in [5.41, 5.74) is 3.17. The van der Waals surface area contributed by atoms with Crippen LogP contribution in [0.1, 0.15) is 36.8 Å². The lowest BCUT2D eigenvalue weighted by atomic mass is 10.1. The summed E-state index contributed by atoms with van der Waals surface area (Å²) in [4.78, 5) is 8.61. The molecule has 1 aromatic heterocycles. The Morgan fingerprint density at radius 1 is 1.06 bits per heavy atom. The molecular weight excluding hydrogens is 429 g/mol. The molecule has 0 saturated carbocycles. The van der Waals surface area contributed by atoms with Gasteiger partial charge in [0.2, 0.25) is 0 Å². The molecule has 1 atom stereocenters. The van der Waals surface area contributed by atoms with Crippen molar-refractivity contribution in [3.8, 4) is 11.5 Å². The highest BCUT2D eigenvalue weighted by Crippen LogP contribution is 2.30. The van der Waals surface area contributed by atoms with Crippen molar-refractivity contribution in [2.45, 2.75) is 38.6 Å². The van der Waals surface area contributed by atoms with Crippen molar-refractivity contribution in [3.05, 3.63) is 59.9 Å². The van der Waals surface area contributed by atoms with Crippen molar-refractivity contribution in [2.75, 3.05) is 26.9 Å². The SMILES string of the molecule is COc1cccc(CCCCCOc2ccc(CNCCCO[P+](=O)O)c3occc23)c1. The Morgan fingerprint density at radius 3 is 2.81 bits per heavy atom. The number of ether oxygens (including phenoxy) is 2. The Morgan fingerprint density at radius 2 is 1.97 bits per heavy atom. The average Bonchev–Trinajstić information content (AvgIpc) is 3.29. The van der Waals surface area contributed by atoms with Gasteiger partial charge in [-0.25, -0.2) is 0 Å². The average molecular weight is 460 g/mol. The van der Waals surface area contributed by atoms with Crippen LogP contribution in [0.4, 0.5) is 0 Å². The molecule has 0 aliphatic rings. The van der Waals surface area contributed by atoms with Crippen LogP contribution in [0, 0.1) is 0 Å². The fraction of sp³-hybridized carbons (Fsp3) is 0.417. The van der Waals surface area contributed by atoms with E-state index in [9.17, 15) is 4.57 Å². The summed E-state index contributed by atoms with van der Waals surface area (Å²) in [6.07, 6.45) is 6.58. The van der Waals surface area contributed by atoms with Gasteiger partial charge in [0.1, 0.15) is 23.7 Å². The molecule has 3 rings (SSSR count). The van der Waals surface area contributed by atoms with Gasteiger partial charge in [-0.2, -0.15) is 0 Å². The second-order valence-corrected chi connectivity index (χ2v) is 8.23. The topological polar surface area (TPSA) is 90.2 Å². The third-order valence-corrected chi connectivity index (χ3v) is 5.58. The largest absolute Gasteiger partial charge is 0.694 e. The lowest BCUT2D eigenvalue weighted by Gasteiger charge is -2.10. The normalized spacial score (nSPS) is 11.6. The molecule has 32 heavy (non-hydrogen) atoms. The van der Waals surface area contributed by atoms with E-state index < -0.39 is 8.25 Å². The Labute approximate surface area is 189 Å². The first-order chi connectivity index (χ1) is 15.7. The zero-order chi connectivity index (χ0) is 22.6. The zero-order valence-corrected chi connectivity index (χ0v) is 19.3. The minimum atomic E-state index is -2.52. The van der Waals surface area contributed by atoms with Gasteiger partial charge in [-0.1, -0.05) is 18.2 Å². The second-order valence-electron chi connectivity index (χ2n) is 7.50. The van der Waals surface area contributed by atoms with Crippen LogP contribution >= 0.6 is 8.25 Å². The lowest BCUT2D eigenvalue weighted by molar-refractivity contribution is 0.276. The minimum absolute atomic E-state index is 0.251. The molecule has 3 aromatic rings. The molecule has 0 saturated heterocycles. The number of unbranched alkanes of at least 4 members (excludes halogenated alkanes) is 2. The molecule has 0 spiro atoms. The summed E-state index contributed by atoms with van der Waals surface area (Å²) in [7, 11) is -0.826. The minimum Gasteiger partial charge on any atom is -0.497 e. The number of benzene rings is 2. The molecule has 8 heteroatoms. The summed E-state index contributed by atoms with van der Waals surface area (Å²) in [5, 5.41) is 4.27. The number of nitrogens with one attached hydrogen (secondary N) is 1. The fourth-order valence-corrected chi connectivity index (χ4v) is 3.82. The molecule has 1 heterocycles. The van der Waals surface area contributed by atoms with Gasteiger partial charge in [-0.05, 0) is 68.5 Å². The number of rotatable bonds is 15. The van der Waals surface area contributed by atoms with Crippen LogP contribution in [0.5, 0.6) is 11.5 Å². The van der Waals surface area contributed by atoms with Gasteiger partial charge in [0.15, 0.2) is 0 Å². The maximum Gasteiger partial charge on any atom is 0.694 e. The van der Waals surface area contributed by atoms with Gasteiger partial charge >= 0.3 is 8.25 Å². The van der Waals surface area contributed by atoms with Crippen molar-refractivity contribution >= 4 is 19.2 Å². The van der Waals surface area contributed by atoms with Gasteiger partial charge in [-0.3, -0.25) is 0 Å². The molecule has 2 N–H and O–H groups in total. The summed E-state index contributed by atoms with van der Waals surface area (Å²) in [5.74, 6) is 1.74. The van der Waals surface area contributed by atoms with Crippen LogP contribution in [0.15, 0.2) is 53.1 Å². The molecule has 0 aliphatic heterocycles. The molecule has 0 amide bonds. The smallest absolute Gasteiger partial charge is 0.497 e. The third-order valence-electron chi connectivity index (χ3n) is 5.17. The Balaban J connectivity index is 1.39. The number of fused-ring (bicyclic) bond motifs is 1. The molecule has 0 radical (unpaired) electrons. The Bertz CT molecular complexity index is 990. The molecule has 1 unspecified atom stereocenters. The standard InChI is InChI=1S/C24H30NO6P/c1-28-21-9-5-8-19(17-21)7-3-2-4-14-29-23-11-10-20(24-22(23)12-16-30-24)18-25-13-6-15-31-32(26)27/h5,8-12,16-17,25H,2-4,6-7,13-15,18H2,1H3/p+1. The second kappa shape index (κ2) is 13.2. The van der Waals surface area contributed by atoms with E-state index in [-0.39, 0.29) is 6.61 Å². The molecule has 0 aliphatic carbocycles. The van der Waals surface area contributed by atoms with Gasteiger partial charge in [-0.15, -0.1) is 9.42 Å². The van der Waals surface area contributed by atoms with Gasteiger partial charge in [0, 0.05) is 16.7 Å². The van der Waals surface area contributed by atoms with Crippen LogP contribution < -0.4 is 14.8 Å². The van der Waals surface area contributed by atoms with Crippen LogP contribution in [-0.4, -0.2) is 31.8 Å². The highest BCUT2D eigenvalue weighted by Gasteiger charge is 2.12. The number of hydrogen-bond donors (Lipinski definition) is 2. The van der Waals surface area contributed by atoms with Gasteiger partial charge in [0.05, 0.1) is 25.4 Å². The third kappa shape index (κ3) is 7.61. The summed E-state index contributed by atoms with van der Waals surface area (Å²) in [6.45, 7) is 2.24. The van der Waals surface area contributed by atoms with E-state index in [1.54, 1.807) is 13.4 Å². The van der Waals surface area contributed by atoms with E-state index >= 15 is 0 Å². The van der Waals surface area contributed by atoms with Crippen molar-refractivity contribution in [1.29, 1.82) is 0 Å². The van der Waals surface area contributed by atoms with Crippen molar-refractivity contribution in [1.82, 2.24) is 5.32 Å². The Hall–Kier alpha value is -2.44. The summed E-state index contributed by atoms with van der Waals surface area (Å²) < 4.78 is 32.1. The van der Waals surface area contributed by atoms with Crippen LogP contribution in [-0.2, 0) is 22.1 Å². The molecule has 7 nitrogen and oxygen atoms in total. The zero-order valence-electron chi connectivity index (χ0n) is 18.4. The van der Waals surface area contributed by atoms with Crippen molar-refractivity contribution in [3.63, 3.8) is 0 Å². The first-order valence-corrected chi connectivity index (χ1v) is 12.0. The fourth-order valence-electron chi connectivity index (χ4n) is 3.54. The number of furan rings is 1. The first kappa shape index (κ1) is 24.2. The number of methoxy groups -OCH3 is 1. The maximum atomic E-state index is 10.5. The van der Waals surface area contributed by atoms with E-state index in [0.717, 1.165) is 53.7 Å². The van der Waals surface area contributed by atoms with E-state index in [1.807, 2.05) is 30.3 Å². The van der Waals surface area contributed by atoms with Crippen LogP contribution in [0.25, 0.3) is 11.0 Å². The van der Waals surface area contributed by atoms with Crippen LogP contribution in [0.3, 0.4) is 0 Å². The highest BCUT2D eigenvalue weighted by molar-refractivity contribution is 7.32. The maximum absolute atomic E-state index is 10.5. The molecule has 2 aromatic carbocycles. The molecular formula is C24H31NO6P+. The van der Waals surface area contributed by atoms with Crippen molar-refractivity contribution in [2.24, 2.45) is 0 Å². The van der Waals surface area contributed by atoms with E-state index in [0.29, 0.717) is 26.1 Å². The first-order valence-electron chi connectivity index (χ1n) is 10.9. The monoisotopic (exact) mass is 460 g/mol. The molecule has 0 bridgehead atoms. The van der Waals surface area contributed by atoms with Gasteiger partial charge < -0.3 is 19.2 Å². The summed E-state index contributed by atoms with van der Waals surface area (Å²) in [6, 6.07) is 14.2. The summed E-state index contributed by atoms with van der Waals surface area (Å²) >= 11 is 0. The van der Waals surface area contributed by atoms with Gasteiger partial charge in [0.25, 0.3) is 0 Å². The van der Waals surface area contributed by atoms with Crippen molar-refractivity contribution < 1.29 is 27.9 Å².